The predicted molar refractivity (Wildman–Crippen MR) is 160 cm³/mol. The number of anilines is 3. The summed E-state index contributed by atoms with van der Waals surface area (Å²) in [4.78, 5) is 24.1. The largest absolute Gasteiger partial charge is 0.419 e. The third kappa shape index (κ3) is 9.23. The van der Waals surface area contributed by atoms with Gasteiger partial charge in [0.1, 0.15) is 11.6 Å². The van der Waals surface area contributed by atoms with E-state index in [4.69, 9.17) is 21.6 Å². The van der Waals surface area contributed by atoms with Gasteiger partial charge < -0.3 is 14.7 Å². The van der Waals surface area contributed by atoms with E-state index < -0.39 is 11.7 Å². The summed E-state index contributed by atoms with van der Waals surface area (Å²) in [5.74, 6) is 1.69. The number of pyridine rings is 1. The lowest BCUT2D eigenvalue weighted by atomic mass is 10.2. The van der Waals surface area contributed by atoms with Crippen LogP contribution in [0.25, 0.3) is 0 Å². The molecule has 0 N–H and O–H groups in total. The quantitative estimate of drug-likeness (QED) is 0.247. The van der Waals surface area contributed by atoms with Crippen LogP contribution >= 0.6 is 23.2 Å². The van der Waals surface area contributed by atoms with Crippen LogP contribution in [0.15, 0.2) is 41.6 Å². The van der Waals surface area contributed by atoms with Crippen molar-refractivity contribution in [1.29, 1.82) is 0 Å². The smallest absolute Gasteiger partial charge is 0.353 e. The van der Waals surface area contributed by atoms with Gasteiger partial charge in [-0.15, -0.1) is 11.6 Å². The summed E-state index contributed by atoms with van der Waals surface area (Å²) in [6, 6.07) is 2.71. The average molecular weight is 603 g/mol. The van der Waals surface area contributed by atoms with Gasteiger partial charge in [0.25, 0.3) is 0 Å². The molecule has 2 aromatic rings. The fraction of sp³-hybridized carbons (Fsp3) is 0.571. The van der Waals surface area contributed by atoms with E-state index in [2.05, 4.69) is 40.3 Å². The number of piperazine rings is 1. The molecule has 0 aromatic carbocycles. The van der Waals surface area contributed by atoms with E-state index in [1.54, 1.807) is 4.90 Å². The minimum atomic E-state index is -4.45. The fourth-order valence-electron chi connectivity index (χ4n) is 4.48. The van der Waals surface area contributed by atoms with Crippen molar-refractivity contribution in [3.05, 3.63) is 53.0 Å². The van der Waals surface area contributed by atoms with Gasteiger partial charge in [-0.05, 0) is 44.4 Å². The minimum Gasteiger partial charge on any atom is -0.353 e. The van der Waals surface area contributed by atoms with Gasteiger partial charge in [-0.2, -0.15) is 28.1 Å². The molecule has 4 rings (SSSR count). The molecular weight excluding hydrogens is 562 g/mol. The molecule has 2 saturated heterocycles. The number of aromatic nitrogens is 4. The molecule has 0 amide bonds. The summed E-state index contributed by atoms with van der Waals surface area (Å²) >= 11 is 11.1. The van der Waals surface area contributed by atoms with Gasteiger partial charge in [0.2, 0.25) is 11.9 Å². The van der Waals surface area contributed by atoms with E-state index >= 15 is 0 Å². The Morgan fingerprint density at radius 1 is 1.02 bits per heavy atom. The second-order valence-electron chi connectivity index (χ2n) is 9.01. The second kappa shape index (κ2) is 16.6. The summed E-state index contributed by atoms with van der Waals surface area (Å²) in [6.45, 7) is 10.8. The molecule has 2 aromatic heterocycles. The maximum atomic E-state index is 13.5. The van der Waals surface area contributed by atoms with Crippen molar-refractivity contribution in [3.8, 4) is 0 Å². The number of halogens is 5. The summed E-state index contributed by atoms with van der Waals surface area (Å²) in [5.41, 5.74) is -0.718. The lowest BCUT2D eigenvalue weighted by molar-refractivity contribution is -0.137. The summed E-state index contributed by atoms with van der Waals surface area (Å²) in [7, 11) is 0. The minimum absolute atomic E-state index is 0.0374. The Morgan fingerprint density at radius 2 is 1.68 bits per heavy atom. The molecule has 0 radical (unpaired) electrons. The zero-order valence-electron chi connectivity index (χ0n) is 23.9. The van der Waals surface area contributed by atoms with Crippen LogP contribution in [-0.2, 0) is 12.6 Å². The van der Waals surface area contributed by atoms with Crippen molar-refractivity contribution in [3.63, 3.8) is 0 Å². The lowest BCUT2D eigenvalue weighted by Gasteiger charge is -2.36. The SMILES string of the molecule is CC.CC/C=C\C=C(\Cl)Cc1nc(N2CCN(c3ncccc3C(F)(F)F)CC2)nc(N2CCCC2C)n1.CCl. The molecule has 0 aliphatic carbocycles. The third-order valence-electron chi connectivity index (χ3n) is 6.40. The molecule has 2 aliphatic rings. The molecule has 2 fully saturated rings. The Labute approximate surface area is 246 Å². The van der Waals surface area contributed by atoms with Crippen molar-refractivity contribution in [1.82, 2.24) is 19.9 Å². The van der Waals surface area contributed by atoms with Crippen LogP contribution in [0, 0.1) is 0 Å². The van der Waals surface area contributed by atoms with E-state index in [0.717, 1.165) is 31.9 Å². The third-order valence-corrected chi connectivity index (χ3v) is 6.66. The Hall–Kier alpha value is -2.59. The summed E-state index contributed by atoms with van der Waals surface area (Å²) in [5, 5.41) is 0.622. The normalized spacial score (nSPS) is 17.9. The molecule has 1 atom stereocenters. The molecule has 0 bridgehead atoms. The van der Waals surface area contributed by atoms with Gasteiger partial charge in [0.05, 0.1) is 5.56 Å². The van der Waals surface area contributed by atoms with Gasteiger partial charge in [-0.25, -0.2) is 4.98 Å². The first-order valence-electron chi connectivity index (χ1n) is 13.7. The molecule has 40 heavy (non-hydrogen) atoms. The molecule has 222 valence electrons. The van der Waals surface area contributed by atoms with Crippen LogP contribution in [0.2, 0.25) is 0 Å². The number of hydrogen-bond acceptors (Lipinski definition) is 7. The van der Waals surface area contributed by atoms with E-state index in [0.29, 0.717) is 61.4 Å². The average Bonchev–Trinajstić information content (AvgIpc) is 3.40. The number of allylic oxidation sites excluding steroid dienone is 4. The van der Waals surface area contributed by atoms with Gasteiger partial charge >= 0.3 is 6.18 Å². The Kier molecular flexibility index (Phi) is 14.0. The van der Waals surface area contributed by atoms with Crippen LogP contribution in [0.4, 0.5) is 30.9 Å². The molecule has 0 saturated carbocycles. The van der Waals surface area contributed by atoms with E-state index in [-0.39, 0.29) is 5.82 Å². The van der Waals surface area contributed by atoms with Crippen molar-refractivity contribution in [2.24, 2.45) is 0 Å². The Morgan fingerprint density at radius 3 is 2.27 bits per heavy atom. The van der Waals surface area contributed by atoms with Crippen molar-refractivity contribution in [2.45, 2.75) is 65.6 Å². The zero-order valence-corrected chi connectivity index (χ0v) is 25.4. The van der Waals surface area contributed by atoms with Gasteiger partial charge in [-0.3, -0.25) is 0 Å². The zero-order chi connectivity index (χ0) is 29.7. The van der Waals surface area contributed by atoms with Crippen LogP contribution in [0.1, 0.15) is 58.3 Å². The molecule has 2 aliphatic heterocycles. The Balaban J connectivity index is 0.00000134. The first-order chi connectivity index (χ1) is 19.3. The molecule has 4 heterocycles. The first-order valence-corrected chi connectivity index (χ1v) is 14.8. The molecule has 0 spiro atoms. The predicted octanol–water partition coefficient (Wildman–Crippen LogP) is 7.11. The topological polar surface area (TPSA) is 61.3 Å². The van der Waals surface area contributed by atoms with E-state index in [1.807, 2.05) is 37.0 Å². The van der Waals surface area contributed by atoms with Crippen LogP contribution in [-0.4, -0.2) is 65.1 Å². The second-order valence-corrected chi connectivity index (χ2v) is 9.49. The van der Waals surface area contributed by atoms with E-state index in [9.17, 15) is 13.2 Å². The number of rotatable bonds is 7. The van der Waals surface area contributed by atoms with Crippen LogP contribution in [0.5, 0.6) is 0 Å². The standard InChI is InChI=1S/C25H31ClF3N7.C2H6.CH3Cl/c1-3-4-5-9-19(26)17-21-31-23(33-24(32-21)36-12-7-8-18(36)2)35-15-13-34(14-16-35)22-20(25(27,28)29)10-6-11-30-22;2*1-2/h4-6,9-11,18H,3,7-8,12-17H2,1-2H3;1-2H3;1H3/b5-4-,19-9+;;. The first kappa shape index (κ1) is 33.6. The molecule has 1 unspecified atom stereocenters. The van der Waals surface area contributed by atoms with Crippen molar-refractivity contribution in [2.75, 3.05) is 53.8 Å². The highest BCUT2D eigenvalue weighted by molar-refractivity contribution is 6.29. The fourth-order valence-corrected chi connectivity index (χ4v) is 4.67. The van der Waals surface area contributed by atoms with Gasteiger partial charge in [0, 0.05) is 62.8 Å². The highest BCUT2D eigenvalue weighted by Crippen LogP contribution is 2.35. The lowest BCUT2D eigenvalue weighted by Crippen LogP contribution is -2.48. The molecular formula is C28H40Cl2F3N7. The highest BCUT2D eigenvalue weighted by Gasteiger charge is 2.36. The van der Waals surface area contributed by atoms with Crippen LogP contribution < -0.4 is 14.7 Å². The molecule has 7 nitrogen and oxygen atoms in total. The van der Waals surface area contributed by atoms with Crippen LogP contribution in [0.3, 0.4) is 0 Å². The van der Waals surface area contributed by atoms with Gasteiger partial charge in [-0.1, -0.05) is 44.5 Å². The maximum Gasteiger partial charge on any atom is 0.419 e. The number of hydrogen-bond donors (Lipinski definition) is 0. The number of alkyl halides is 4. The Bertz CT molecular complexity index is 1100. The maximum absolute atomic E-state index is 13.5. The molecule has 12 heteroatoms. The van der Waals surface area contributed by atoms with E-state index in [1.165, 1.54) is 18.6 Å². The summed E-state index contributed by atoms with van der Waals surface area (Å²) < 4.78 is 40.5. The number of nitrogens with zero attached hydrogens (tertiary/aromatic N) is 7. The van der Waals surface area contributed by atoms with Gasteiger partial charge in [0.15, 0.2) is 0 Å². The van der Waals surface area contributed by atoms with Crippen molar-refractivity contribution < 1.29 is 13.2 Å². The summed E-state index contributed by atoms with van der Waals surface area (Å²) in [6.07, 6.45) is 7.63. The van der Waals surface area contributed by atoms with Crippen molar-refractivity contribution >= 4 is 40.9 Å². The highest BCUT2D eigenvalue weighted by atomic mass is 35.5. The monoisotopic (exact) mass is 601 g/mol.